The molecule has 0 aliphatic carbocycles. The Bertz CT molecular complexity index is 1330. The zero-order valence-corrected chi connectivity index (χ0v) is 17.0. The number of pyridine rings is 1. The van der Waals surface area contributed by atoms with Crippen molar-refractivity contribution in [1.29, 1.82) is 0 Å². The summed E-state index contributed by atoms with van der Waals surface area (Å²) in [6, 6.07) is 7.39. The smallest absolute Gasteiger partial charge is 0.391 e. The number of benzene rings is 1. The third-order valence-corrected chi connectivity index (χ3v) is 5.73. The number of rotatable bonds is 2. The molecule has 5 rings (SSSR count). The predicted octanol–water partition coefficient (Wildman–Crippen LogP) is 2.92. The third-order valence-electron chi connectivity index (χ3n) is 5.73. The molecule has 166 valence electrons. The number of fused-ring (bicyclic) bond motifs is 3. The van der Waals surface area contributed by atoms with Crippen molar-refractivity contribution in [3.63, 3.8) is 0 Å². The lowest BCUT2D eigenvalue weighted by Gasteiger charge is -2.30. The van der Waals surface area contributed by atoms with Crippen LogP contribution < -0.4 is 0 Å². The van der Waals surface area contributed by atoms with Gasteiger partial charge >= 0.3 is 6.18 Å². The van der Waals surface area contributed by atoms with Crippen LogP contribution in [0.3, 0.4) is 0 Å². The van der Waals surface area contributed by atoms with Crippen LogP contribution in [0.25, 0.3) is 27.8 Å². The number of β-amino-alcohol motifs (C(OH)–C–C–N with tert-alkyl or cyclic N) is 1. The number of aliphatic hydroxyl groups is 1. The minimum absolute atomic E-state index is 0.188. The number of piperidine rings is 1. The number of hydrogen-bond acceptors (Lipinski definition) is 5. The molecule has 8 nitrogen and oxygen atoms in total. The second kappa shape index (κ2) is 7.30. The number of hydrogen-bond donors (Lipinski definition) is 1. The number of aryl methyl sites for hydroxylation is 1. The van der Waals surface area contributed by atoms with Gasteiger partial charge in [0.25, 0.3) is 5.91 Å². The van der Waals surface area contributed by atoms with Gasteiger partial charge in [0, 0.05) is 31.1 Å². The Morgan fingerprint density at radius 3 is 2.72 bits per heavy atom. The maximum Gasteiger partial charge on any atom is 0.433 e. The predicted molar refractivity (Wildman–Crippen MR) is 109 cm³/mol. The first-order valence-corrected chi connectivity index (χ1v) is 10.1. The van der Waals surface area contributed by atoms with Gasteiger partial charge < -0.3 is 10.0 Å². The molecule has 11 heteroatoms. The first kappa shape index (κ1) is 20.4. The lowest BCUT2D eigenvalue weighted by Crippen LogP contribution is -2.42. The van der Waals surface area contributed by atoms with Gasteiger partial charge in [0.15, 0.2) is 5.65 Å². The van der Waals surface area contributed by atoms with Crippen LogP contribution >= 0.6 is 0 Å². The van der Waals surface area contributed by atoms with Gasteiger partial charge in [0.1, 0.15) is 11.2 Å². The normalized spacial score (nSPS) is 17.4. The summed E-state index contributed by atoms with van der Waals surface area (Å²) in [6.45, 7) is 0.863. The van der Waals surface area contributed by atoms with Crippen LogP contribution in [0.2, 0.25) is 0 Å². The van der Waals surface area contributed by atoms with Gasteiger partial charge in [-0.15, -0.1) is 5.10 Å². The van der Waals surface area contributed by atoms with Gasteiger partial charge in [-0.2, -0.15) is 13.2 Å². The molecule has 3 aromatic heterocycles. The number of nitrogens with zero attached hydrogens (tertiary/aromatic N) is 6. The number of alkyl halides is 3. The number of aliphatic hydroxyl groups excluding tert-OH is 1. The van der Waals surface area contributed by atoms with Crippen LogP contribution in [-0.2, 0) is 13.2 Å². The fourth-order valence-corrected chi connectivity index (χ4v) is 4.21. The van der Waals surface area contributed by atoms with E-state index in [0.29, 0.717) is 46.3 Å². The molecule has 0 radical (unpaired) electrons. The second-order valence-electron chi connectivity index (χ2n) is 7.90. The summed E-state index contributed by atoms with van der Waals surface area (Å²) in [5.41, 5.74) is 1.64. The molecule has 32 heavy (non-hydrogen) atoms. The van der Waals surface area contributed by atoms with Crippen LogP contribution in [0.15, 0.2) is 36.5 Å². The average Bonchev–Trinajstić information content (AvgIpc) is 3.30. The van der Waals surface area contributed by atoms with E-state index in [-0.39, 0.29) is 12.5 Å². The Morgan fingerprint density at radius 1 is 1.22 bits per heavy atom. The second-order valence-corrected chi connectivity index (χ2v) is 7.90. The Morgan fingerprint density at radius 2 is 2.03 bits per heavy atom. The molecule has 0 saturated carbocycles. The van der Waals surface area contributed by atoms with E-state index in [1.165, 1.54) is 10.7 Å². The molecule has 0 spiro atoms. The highest BCUT2D eigenvalue weighted by molar-refractivity contribution is 6.09. The lowest BCUT2D eigenvalue weighted by molar-refractivity contribution is -0.141. The van der Waals surface area contributed by atoms with Crippen LogP contribution in [0, 0.1) is 0 Å². The lowest BCUT2D eigenvalue weighted by atomic mass is 10.1. The fourth-order valence-electron chi connectivity index (χ4n) is 4.21. The van der Waals surface area contributed by atoms with Crippen molar-refractivity contribution in [1.82, 2.24) is 29.4 Å². The van der Waals surface area contributed by atoms with E-state index in [0.717, 1.165) is 18.7 Å². The number of aromatic nitrogens is 5. The van der Waals surface area contributed by atoms with Crippen LogP contribution in [0.1, 0.15) is 28.9 Å². The van der Waals surface area contributed by atoms with E-state index in [1.807, 2.05) is 0 Å². The van der Waals surface area contributed by atoms with Crippen LogP contribution in [0.4, 0.5) is 13.2 Å². The molecule has 1 N–H and O–H groups in total. The number of carbonyl (C=O) groups excluding carboxylic acids is 1. The van der Waals surface area contributed by atoms with Gasteiger partial charge in [0.2, 0.25) is 0 Å². The molecule has 1 atom stereocenters. The largest absolute Gasteiger partial charge is 0.433 e. The summed E-state index contributed by atoms with van der Waals surface area (Å²) in [4.78, 5) is 18.2. The van der Waals surface area contributed by atoms with Crippen LogP contribution in [0.5, 0.6) is 0 Å². The van der Waals surface area contributed by atoms with Crippen molar-refractivity contribution >= 4 is 28.0 Å². The average molecular weight is 444 g/mol. The number of carbonyl (C=O) groups is 1. The van der Waals surface area contributed by atoms with Crippen molar-refractivity contribution in [3.05, 3.63) is 47.8 Å². The summed E-state index contributed by atoms with van der Waals surface area (Å²) in [5, 5.41) is 18.8. The summed E-state index contributed by atoms with van der Waals surface area (Å²) in [5.74, 6) is -0.188. The highest BCUT2D eigenvalue weighted by Gasteiger charge is 2.32. The summed E-state index contributed by atoms with van der Waals surface area (Å²) >= 11 is 0. The van der Waals surface area contributed by atoms with E-state index in [4.69, 9.17) is 0 Å². The number of halogens is 3. The molecule has 1 amide bonds. The molecular formula is C21H19F3N6O2. The molecule has 0 bridgehead atoms. The standard InChI is InChI=1S/C21H19F3N6O2/c1-28-19-18(26-27-28)15-9-12(20(32)29-8-2-3-14(31)11-29)4-6-16(15)30(19)13-5-7-17(25-10-13)21(22,23)24/h4-7,9-10,14,31H,2-3,8,11H2,1H3. The number of amides is 1. The van der Waals surface area contributed by atoms with Crippen molar-refractivity contribution in [2.24, 2.45) is 7.05 Å². The Hall–Kier alpha value is -3.47. The minimum atomic E-state index is -4.53. The maximum atomic E-state index is 13.0. The zero-order chi connectivity index (χ0) is 22.6. The van der Waals surface area contributed by atoms with E-state index in [2.05, 4.69) is 15.3 Å². The molecule has 1 saturated heterocycles. The highest BCUT2D eigenvalue weighted by Crippen LogP contribution is 2.33. The molecule has 1 aromatic carbocycles. The Kier molecular flexibility index (Phi) is 4.66. The van der Waals surface area contributed by atoms with E-state index < -0.39 is 18.0 Å². The van der Waals surface area contributed by atoms with Gasteiger partial charge in [-0.05, 0) is 43.2 Å². The molecule has 1 unspecified atom stereocenters. The summed E-state index contributed by atoms with van der Waals surface area (Å²) in [6.07, 6.45) is -2.49. The topological polar surface area (TPSA) is 89.1 Å². The highest BCUT2D eigenvalue weighted by atomic mass is 19.4. The summed E-state index contributed by atoms with van der Waals surface area (Å²) < 4.78 is 42.0. The van der Waals surface area contributed by atoms with Gasteiger partial charge in [0.05, 0.1) is 23.5 Å². The quantitative estimate of drug-likeness (QED) is 0.514. The SMILES string of the molecule is Cn1nnc2c3cc(C(=O)N4CCCC(O)C4)ccc3n(-c3ccc(C(F)(F)F)nc3)c21. The monoisotopic (exact) mass is 444 g/mol. The van der Waals surface area contributed by atoms with Crippen molar-refractivity contribution < 1.29 is 23.1 Å². The first-order chi connectivity index (χ1) is 15.2. The van der Waals surface area contributed by atoms with E-state index in [9.17, 15) is 23.1 Å². The molecule has 1 fully saturated rings. The first-order valence-electron chi connectivity index (χ1n) is 10.1. The van der Waals surface area contributed by atoms with Gasteiger partial charge in [-0.1, -0.05) is 5.21 Å². The maximum absolute atomic E-state index is 13.0. The van der Waals surface area contributed by atoms with E-state index >= 15 is 0 Å². The number of likely N-dealkylation sites (tertiary alicyclic amines) is 1. The molecule has 1 aliphatic heterocycles. The summed E-state index contributed by atoms with van der Waals surface area (Å²) in [7, 11) is 1.68. The van der Waals surface area contributed by atoms with Crippen molar-refractivity contribution in [3.8, 4) is 5.69 Å². The zero-order valence-electron chi connectivity index (χ0n) is 17.0. The van der Waals surface area contributed by atoms with Crippen molar-refractivity contribution in [2.75, 3.05) is 13.1 Å². The fraction of sp³-hybridized carbons (Fsp3) is 0.333. The molecule has 4 aromatic rings. The molecular weight excluding hydrogens is 425 g/mol. The Balaban J connectivity index is 1.63. The van der Waals surface area contributed by atoms with Crippen molar-refractivity contribution in [2.45, 2.75) is 25.1 Å². The minimum Gasteiger partial charge on any atom is -0.391 e. The Labute approximate surface area is 179 Å². The van der Waals surface area contributed by atoms with E-state index in [1.54, 1.807) is 34.7 Å². The molecule has 1 aliphatic rings. The third kappa shape index (κ3) is 3.29. The van der Waals surface area contributed by atoms with Gasteiger partial charge in [-0.25, -0.2) is 9.67 Å². The van der Waals surface area contributed by atoms with Gasteiger partial charge in [-0.3, -0.25) is 9.36 Å². The molecule has 4 heterocycles. The van der Waals surface area contributed by atoms with Crippen LogP contribution in [-0.4, -0.2) is 59.7 Å².